The Morgan fingerprint density at radius 1 is 1.17 bits per heavy atom. The normalized spacial score (nSPS) is 16.7. The smallest absolute Gasteiger partial charge is 0.445 e. The van der Waals surface area contributed by atoms with Crippen LogP contribution in [0.5, 0.6) is 5.75 Å². The SMILES string of the molecule is CC(C)(O)CCC1CN(S(=O)(=O)C(=O)OCc2ccccc2)c2ccccc2O1. The van der Waals surface area contributed by atoms with Crippen LogP contribution in [0.25, 0.3) is 0 Å². The largest absolute Gasteiger partial charge is 0.486 e. The van der Waals surface area contributed by atoms with E-state index in [-0.39, 0.29) is 13.2 Å². The Morgan fingerprint density at radius 2 is 1.83 bits per heavy atom. The van der Waals surface area contributed by atoms with Gasteiger partial charge in [-0.05, 0) is 44.4 Å². The van der Waals surface area contributed by atoms with E-state index < -0.39 is 27.0 Å². The zero-order valence-electron chi connectivity index (χ0n) is 16.4. The first-order chi connectivity index (χ1) is 13.7. The number of benzene rings is 2. The van der Waals surface area contributed by atoms with Crippen LogP contribution < -0.4 is 9.04 Å². The predicted octanol–water partition coefficient (Wildman–Crippen LogP) is 3.47. The van der Waals surface area contributed by atoms with Crippen molar-refractivity contribution in [3.8, 4) is 5.75 Å². The van der Waals surface area contributed by atoms with Crippen LogP contribution in [0.1, 0.15) is 32.3 Å². The zero-order valence-corrected chi connectivity index (χ0v) is 17.3. The van der Waals surface area contributed by atoms with Gasteiger partial charge in [0.15, 0.2) is 0 Å². The number of para-hydroxylation sites is 2. The number of carbonyl (C=O) groups excluding carboxylic acids is 1. The van der Waals surface area contributed by atoms with Gasteiger partial charge in [-0.2, -0.15) is 8.42 Å². The lowest BCUT2D eigenvalue weighted by molar-refractivity contribution is 0.0534. The third-order valence-corrected chi connectivity index (χ3v) is 6.04. The molecule has 0 fully saturated rings. The average molecular weight is 419 g/mol. The fourth-order valence-corrected chi connectivity index (χ4v) is 4.20. The third kappa shape index (κ3) is 5.27. The number of nitrogens with zero attached hydrogens (tertiary/aromatic N) is 1. The van der Waals surface area contributed by atoms with Gasteiger partial charge in [-0.3, -0.25) is 4.31 Å². The van der Waals surface area contributed by atoms with Crippen molar-refractivity contribution in [2.45, 2.75) is 45.0 Å². The molecule has 0 amide bonds. The summed E-state index contributed by atoms with van der Waals surface area (Å²) in [4.78, 5) is 12.4. The van der Waals surface area contributed by atoms with Crippen molar-refractivity contribution in [2.75, 3.05) is 10.8 Å². The highest BCUT2D eigenvalue weighted by Crippen LogP contribution is 2.36. The Kier molecular flexibility index (Phi) is 6.14. The van der Waals surface area contributed by atoms with Gasteiger partial charge in [0.2, 0.25) is 0 Å². The molecule has 1 heterocycles. The average Bonchev–Trinajstić information content (AvgIpc) is 2.70. The number of hydrogen-bond donors (Lipinski definition) is 1. The van der Waals surface area contributed by atoms with Crippen LogP contribution in [-0.4, -0.2) is 37.1 Å². The van der Waals surface area contributed by atoms with E-state index in [0.717, 1.165) is 4.31 Å². The summed E-state index contributed by atoms with van der Waals surface area (Å²) in [5, 5.41) is 8.67. The Balaban J connectivity index is 1.79. The number of anilines is 1. The predicted molar refractivity (Wildman–Crippen MR) is 109 cm³/mol. The minimum atomic E-state index is -4.40. The second kappa shape index (κ2) is 8.42. The fourth-order valence-electron chi connectivity index (χ4n) is 3.04. The quantitative estimate of drug-likeness (QED) is 0.721. The third-order valence-electron chi connectivity index (χ3n) is 4.58. The van der Waals surface area contributed by atoms with Gasteiger partial charge in [-0.15, -0.1) is 0 Å². The van der Waals surface area contributed by atoms with E-state index in [4.69, 9.17) is 9.47 Å². The highest BCUT2D eigenvalue weighted by Gasteiger charge is 2.39. The number of fused-ring (bicyclic) bond motifs is 1. The van der Waals surface area contributed by atoms with Crippen LogP contribution >= 0.6 is 0 Å². The molecule has 29 heavy (non-hydrogen) atoms. The second-order valence-corrected chi connectivity index (χ2v) is 9.34. The van der Waals surface area contributed by atoms with E-state index in [1.807, 2.05) is 6.07 Å². The van der Waals surface area contributed by atoms with E-state index >= 15 is 0 Å². The molecule has 1 aliphatic rings. The molecule has 0 saturated heterocycles. The van der Waals surface area contributed by atoms with Crippen LogP contribution in [0, 0.1) is 0 Å². The van der Waals surface area contributed by atoms with Crippen molar-refractivity contribution in [1.82, 2.24) is 0 Å². The number of carbonyl (C=O) groups is 1. The first kappa shape index (κ1) is 21.1. The van der Waals surface area contributed by atoms with Gasteiger partial charge in [0.05, 0.1) is 17.8 Å². The van der Waals surface area contributed by atoms with Crippen molar-refractivity contribution in [1.29, 1.82) is 0 Å². The van der Waals surface area contributed by atoms with Crippen molar-refractivity contribution >= 4 is 21.0 Å². The summed E-state index contributed by atoms with van der Waals surface area (Å²) >= 11 is 0. The molecule has 0 aromatic heterocycles. The van der Waals surface area contributed by atoms with Crippen molar-refractivity contribution in [3.05, 3.63) is 60.2 Å². The van der Waals surface area contributed by atoms with Gasteiger partial charge in [-0.25, -0.2) is 4.79 Å². The monoisotopic (exact) mass is 419 g/mol. The minimum absolute atomic E-state index is 0.0319. The Hall–Kier alpha value is -2.58. The molecule has 1 unspecified atom stereocenters. The van der Waals surface area contributed by atoms with Crippen LogP contribution in [0.3, 0.4) is 0 Å². The topological polar surface area (TPSA) is 93.1 Å². The highest BCUT2D eigenvalue weighted by atomic mass is 32.2. The van der Waals surface area contributed by atoms with E-state index in [0.29, 0.717) is 29.8 Å². The molecule has 1 atom stereocenters. The maximum absolute atomic E-state index is 13.0. The Bertz CT molecular complexity index is 953. The molecule has 0 saturated carbocycles. The van der Waals surface area contributed by atoms with Crippen LogP contribution in [-0.2, 0) is 21.4 Å². The van der Waals surface area contributed by atoms with Gasteiger partial charge >= 0.3 is 15.3 Å². The maximum Gasteiger partial charge on any atom is 0.445 e. The molecule has 0 radical (unpaired) electrons. The number of aliphatic hydroxyl groups is 1. The Morgan fingerprint density at radius 3 is 2.52 bits per heavy atom. The number of rotatable bonds is 6. The van der Waals surface area contributed by atoms with Gasteiger partial charge in [-0.1, -0.05) is 42.5 Å². The van der Waals surface area contributed by atoms with Gasteiger partial charge < -0.3 is 14.6 Å². The second-order valence-electron chi connectivity index (χ2n) is 7.62. The number of sulfonamides is 1. The fraction of sp³-hybridized carbons (Fsp3) is 0.381. The lowest BCUT2D eigenvalue weighted by Crippen LogP contribution is -2.46. The summed E-state index contributed by atoms with van der Waals surface area (Å²) in [5.74, 6) is 0.374. The first-order valence-electron chi connectivity index (χ1n) is 9.38. The Labute approximate surface area is 170 Å². The summed E-state index contributed by atoms with van der Waals surface area (Å²) in [6.07, 6.45) is 0.364. The van der Waals surface area contributed by atoms with E-state index in [2.05, 4.69) is 0 Å². The van der Waals surface area contributed by atoms with E-state index in [9.17, 15) is 18.3 Å². The minimum Gasteiger partial charge on any atom is -0.486 e. The molecule has 1 aliphatic heterocycles. The number of hydrogen-bond acceptors (Lipinski definition) is 6. The molecular weight excluding hydrogens is 394 g/mol. The summed E-state index contributed by atoms with van der Waals surface area (Å²) in [6.45, 7) is 3.20. The van der Waals surface area contributed by atoms with Gasteiger partial charge in [0.25, 0.3) is 0 Å². The van der Waals surface area contributed by atoms with Crippen LogP contribution in [0.15, 0.2) is 54.6 Å². The summed E-state index contributed by atoms with van der Waals surface area (Å²) < 4.78 is 37.9. The molecule has 0 spiro atoms. The summed E-state index contributed by atoms with van der Waals surface area (Å²) in [6, 6.07) is 15.5. The molecule has 0 aliphatic carbocycles. The van der Waals surface area contributed by atoms with Crippen molar-refractivity contribution in [3.63, 3.8) is 0 Å². The van der Waals surface area contributed by atoms with E-state index in [1.54, 1.807) is 62.4 Å². The van der Waals surface area contributed by atoms with Crippen LogP contribution in [0.2, 0.25) is 0 Å². The van der Waals surface area contributed by atoms with Gasteiger partial charge in [0, 0.05) is 0 Å². The van der Waals surface area contributed by atoms with Crippen molar-refractivity contribution < 1.29 is 27.8 Å². The molecule has 2 aromatic rings. The standard InChI is InChI=1S/C21H25NO6S/c1-21(2,24)13-12-17-14-22(18-10-6-7-11-19(18)28-17)29(25,26)20(23)27-15-16-8-4-3-5-9-16/h3-11,17,24H,12-15H2,1-2H3. The molecule has 8 heteroatoms. The molecule has 156 valence electrons. The van der Waals surface area contributed by atoms with Crippen LogP contribution in [0.4, 0.5) is 10.5 Å². The zero-order chi connectivity index (χ0) is 21.1. The van der Waals surface area contributed by atoms with E-state index in [1.165, 1.54) is 0 Å². The lowest BCUT2D eigenvalue weighted by atomic mass is 10.00. The summed E-state index contributed by atoms with van der Waals surface area (Å²) in [5.41, 5.74) is 0.0868. The number of ether oxygens (including phenoxy) is 2. The maximum atomic E-state index is 13.0. The first-order valence-corrected chi connectivity index (χ1v) is 10.8. The highest BCUT2D eigenvalue weighted by molar-refractivity contribution is 8.06. The summed E-state index contributed by atoms with van der Waals surface area (Å²) in [7, 11) is -4.40. The molecule has 2 aromatic carbocycles. The molecule has 7 nitrogen and oxygen atoms in total. The molecule has 1 N–H and O–H groups in total. The molecular formula is C21H25NO6S. The lowest BCUT2D eigenvalue weighted by Gasteiger charge is -2.35. The van der Waals surface area contributed by atoms with Gasteiger partial charge in [0.1, 0.15) is 18.5 Å². The van der Waals surface area contributed by atoms with Crippen molar-refractivity contribution in [2.24, 2.45) is 0 Å². The molecule has 3 rings (SSSR count). The molecule has 0 bridgehead atoms.